The summed E-state index contributed by atoms with van der Waals surface area (Å²) < 4.78 is 0. The smallest absolute Gasteiger partial charge is 0.0544 e. The maximum Gasteiger partial charge on any atom is 0.0544 e. The minimum Gasteiger partial charge on any atom is -0.309 e. The molecule has 0 saturated heterocycles. The second kappa shape index (κ2) is 13.9. The molecule has 3 unspecified atom stereocenters. The molecule has 3 heteroatoms. The number of benzene rings is 6. The van der Waals surface area contributed by atoms with Crippen LogP contribution < -0.4 is 4.90 Å². The fourth-order valence-corrected chi connectivity index (χ4v) is 19.2. The summed E-state index contributed by atoms with van der Waals surface area (Å²) in [5.41, 5.74) is 20.7. The van der Waals surface area contributed by atoms with Crippen LogP contribution in [0.15, 0.2) is 140 Å². The van der Waals surface area contributed by atoms with Gasteiger partial charge in [0.15, 0.2) is 0 Å². The van der Waals surface area contributed by atoms with Crippen molar-refractivity contribution in [2.45, 2.75) is 96.8 Å². The van der Waals surface area contributed by atoms with Gasteiger partial charge in [-0.15, -0.1) is 0 Å². The second-order valence-corrected chi connectivity index (χ2v) is 26.4. The highest BCUT2D eigenvalue weighted by molar-refractivity contribution is 7.67. The van der Waals surface area contributed by atoms with Crippen LogP contribution in [0.3, 0.4) is 0 Å². The van der Waals surface area contributed by atoms with Crippen LogP contribution in [-0.4, -0.2) is 0 Å². The van der Waals surface area contributed by atoms with E-state index in [0.717, 1.165) is 32.1 Å². The number of allylic oxidation sites excluding steroid dienone is 6. The summed E-state index contributed by atoms with van der Waals surface area (Å²) in [6, 6.07) is 43.9. The largest absolute Gasteiger partial charge is 0.309 e. The molecule has 3 aliphatic carbocycles. The maximum atomic E-state index is 2.74. The van der Waals surface area contributed by atoms with Gasteiger partial charge in [-0.1, -0.05) is 167 Å². The van der Waals surface area contributed by atoms with Crippen LogP contribution in [0.1, 0.15) is 123 Å². The number of hydrogen-bond acceptors (Lipinski definition) is 1. The van der Waals surface area contributed by atoms with Gasteiger partial charge in [0.2, 0.25) is 0 Å². The first-order chi connectivity index (χ1) is 32.4. The first-order valence-corrected chi connectivity index (χ1v) is 27.5. The van der Waals surface area contributed by atoms with Crippen molar-refractivity contribution < 1.29 is 0 Å². The molecule has 67 heavy (non-hydrogen) atoms. The lowest BCUT2D eigenvalue weighted by molar-refractivity contribution is 0.567. The predicted molar refractivity (Wildman–Crippen MR) is 292 cm³/mol. The van der Waals surface area contributed by atoms with E-state index in [1.165, 1.54) is 93.9 Å². The van der Waals surface area contributed by atoms with Crippen molar-refractivity contribution in [3.63, 3.8) is 0 Å². The molecule has 0 bridgehead atoms. The Balaban J connectivity index is 0.990. The Labute approximate surface area is 398 Å². The summed E-state index contributed by atoms with van der Waals surface area (Å²) in [5.74, 6) is 0.591. The molecule has 0 fully saturated rings. The molecule has 0 amide bonds. The lowest BCUT2D eigenvalue weighted by Crippen LogP contribution is -2.43. The van der Waals surface area contributed by atoms with E-state index in [1.54, 1.807) is 32.1 Å². The normalized spacial score (nSPS) is 19.9. The van der Waals surface area contributed by atoms with Crippen LogP contribution in [0.25, 0.3) is 66.0 Å². The highest BCUT2D eigenvalue weighted by Crippen LogP contribution is 2.67. The molecule has 0 saturated carbocycles. The van der Waals surface area contributed by atoms with E-state index in [0.29, 0.717) is 5.92 Å². The molecule has 14 rings (SSSR count). The van der Waals surface area contributed by atoms with Crippen molar-refractivity contribution >= 4 is 70.6 Å². The van der Waals surface area contributed by atoms with Gasteiger partial charge < -0.3 is 4.90 Å². The lowest BCUT2D eigenvalue weighted by Gasteiger charge is -2.55. The van der Waals surface area contributed by atoms with Crippen molar-refractivity contribution in [1.29, 1.82) is 0 Å². The average molecular weight is 902 g/mol. The molecule has 8 aromatic rings. The third-order valence-corrected chi connectivity index (χ3v) is 22.4. The van der Waals surface area contributed by atoms with E-state index < -0.39 is 15.1 Å². The number of fused-ring (bicyclic) bond motifs is 6. The van der Waals surface area contributed by atoms with Gasteiger partial charge in [-0.25, -0.2) is 0 Å². The minimum atomic E-state index is -0.563. The molecule has 6 aromatic carbocycles. The number of aryl methyl sites for hydroxylation is 2. The van der Waals surface area contributed by atoms with E-state index in [2.05, 4.69) is 205 Å². The fourth-order valence-electron chi connectivity index (χ4n) is 13.5. The number of hydrogen-bond donors (Lipinski definition) is 0. The van der Waals surface area contributed by atoms with E-state index >= 15 is 0 Å². The summed E-state index contributed by atoms with van der Waals surface area (Å²) in [4.78, 5) is 2.74. The number of anilines is 3. The average Bonchev–Trinajstić information content (AvgIpc) is 3.85. The molecule has 2 aromatic heterocycles. The quantitative estimate of drug-likeness (QED) is 0.170. The monoisotopic (exact) mass is 901 g/mol. The van der Waals surface area contributed by atoms with Gasteiger partial charge in [0.1, 0.15) is 0 Å². The third-order valence-electron chi connectivity index (χ3n) is 17.1. The highest BCUT2D eigenvalue weighted by Gasteiger charge is 2.52. The third kappa shape index (κ3) is 5.40. The van der Waals surface area contributed by atoms with E-state index in [-0.39, 0.29) is 16.2 Å². The Morgan fingerprint density at radius 1 is 0.507 bits per heavy atom. The number of para-hydroxylation sites is 1. The Kier molecular flexibility index (Phi) is 8.34. The molecule has 1 nitrogen and oxygen atoms in total. The van der Waals surface area contributed by atoms with Crippen molar-refractivity contribution in [3.8, 4) is 27.6 Å². The zero-order chi connectivity index (χ0) is 45.3. The van der Waals surface area contributed by atoms with Gasteiger partial charge in [0.25, 0.3) is 0 Å². The van der Waals surface area contributed by atoms with Gasteiger partial charge in [0.05, 0.1) is 17.1 Å². The molecule has 3 atom stereocenters. The standard InChI is InChI=1S/C64H57NP2/c1-38-17-15-20-44(31-38)67-56-26-14-12-22-46(56)48-33-40(28-30-58(48)67)42-35-52-61-54(37-42)64(6,7)53-36-41(34-51-60(53)65(61)59-49(62(51,2)3)23-16-24-50(59)63(52,4)5)39-27-29-57-47(32-39)45-21-11-13-25-55(45)66(57)43-18-9-8-10-19-43/h8-10,13-20,23-30,32-38H,11-12,21-22,31H2,1-7H3. The first kappa shape index (κ1) is 40.2. The van der Waals surface area contributed by atoms with Crippen LogP contribution in [0.2, 0.25) is 0 Å². The van der Waals surface area contributed by atoms with Crippen LogP contribution in [-0.2, 0) is 29.1 Å². The van der Waals surface area contributed by atoms with E-state index in [4.69, 9.17) is 0 Å². The van der Waals surface area contributed by atoms with Gasteiger partial charge in [0, 0.05) is 37.1 Å². The second-order valence-electron chi connectivity index (χ2n) is 22.1. The minimum absolute atomic E-state index is 0.193. The lowest BCUT2D eigenvalue weighted by atomic mass is 9.60. The van der Waals surface area contributed by atoms with Gasteiger partial charge in [-0.2, -0.15) is 0 Å². The highest BCUT2D eigenvalue weighted by atomic mass is 31.1. The topological polar surface area (TPSA) is 3.24 Å². The zero-order valence-electron chi connectivity index (χ0n) is 39.9. The first-order valence-electron chi connectivity index (χ1n) is 24.8. The Bertz CT molecular complexity index is 3650. The van der Waals surface area contributed by atoms with Gasteiger partial charge in [-0.3, -0.25) is 0 Å². The van der Waals surface area contributed by atoms with Crippen molar-refractivity contribution in [2.75, 3.05) is 4.90 Å². The van der Waals surface area contributed by atoms with Gasteiger partial charge >= 0.3 is 0 Å². The Morgan fingerprint density at radius 2 is 1.00 bits per heavy atom. The SMILES string of the molecule is CC1C=CC=C(p2c3c(c4cc(-c5cc6c7c(c5)C(C)(C)c5cc(-c8ccc9c(c8)c8c(p9-c9ccccc9)C=CCC8)cc8c5N7c5c(cccc5C8(C)C)C6(C)C)ccc42)CCC=C3)C1. The molecular formula is C64H57NP2. The summed E-state index contributed by atoms with van der Waals surface area (Å²) >= 11 is 0. The summed E-state index contributed by atoms with van der Waals surface area (Å²) in [5, 5.41) is 12.3. The van der Waals surface area contributed by atoms with Crippen molar-refractivity contribution in [2.24, 2.45) is 5.92 Å². The fraction of sp³-hybridized carbons (Fsp3) is 0.250. The molecule has 0 N–H and O–H groups in total. The predicted octanol–water partition coefficient (Wildman–Crippen LogP) is 19.0. The van der Waals surface area contributed by atoms with E-state index in [9.17, 15) is 0 Å². The van der Waals surface area contributed by atoms with Crippen LogP contribution in [0.5, 0.6) is 0 Å². The van der Waals surface area contributed by atoms with Gasteiger partial charge in [-0.05, 0) is 175 Å². The summed E-state index contributed by atoms with van der Waals surface area (Å²) in [6.07, 6.45) is 22.5. The molecule has 0 radical (unpaired) electrons. The molecule has 5 heterocycles. The van der Waals surface area contributed by atoms with Crippen LogP contribution in [0.4, 0.5) is 17.1 Å². The Morgan fingerprint density at radius 3 is 1.54 bits per heavy atom. The zero-order valence-corrected chi connectivity index (χ0v) is 41.7. The number of rotatable bonds is 4. The Hall–Kier alpha value is -5.84. The molecule has 328 valence electrons. The van der Waals surface area contributed by atoms with Crippen molar-refractivity contribution in [3.05, 3.63) is 195 Å². The summed E-state index contributed by atoms with van der Waals surface area (Å²) in [6.45, 7) is 17.4. The molecular weight excluding hydrogens is 845 g/mol. The van der Waals surface area contributed by atoms with E-state index in [1.807, 2.05) is 0 Å². The summed E-state index contributed by atoms with van der Waals surface area (Å²) in [7, 11) is -1.07. The molecule has 0 spiro atoms. The van der Waals surface area contributed by atoms with Crippen LogP contribution in [0, 0.1) is 5.92 Å². The number of nitrogens with zero attached hydrogens (tertiary/aromatic N) is 1. The maximum absolute atomic E-state index is 2.74. The van der Waals surface area contributed by atoms with Crippen molar-refractivity contribution in [1.82, 2.24) is 0 Å². The molecule has 6 aliphatic rings. The molecule has 3 aliphatic heterocycles. The van der Waals surface area contributed by atoms with Crippen LogP contribution >= 0.6 is 15.1 Å².